The highest BCUT2D eigenvalue weighted by Crippen LogP contribution is 2.59. The average molecular weight is 284 g/mol. The molecule has 4 rings (SSSR count). The lowest BCUT2D eigenvalue weighted by atomic mass is 9.92. The van der Waals surface area contributed by atoms with Gasteiger partial charge in [0.25, 0.3) is 0 Å². The first-order valence-electron chi connectivity index (χ1n) is 8.43. The second kappa shape index (κ2) is 5.45. The van der Waals surface area contributed by atoms with Crippen molar-refractivity contribution in [3.05, 3.63) is 35.4 Å². The Bertz CT molecular complexity index is 536. The van der Waals surface area contributed by atoms with E-state index in [2.05, 4.69) is 34.9 Å². The van der Waals surface area contributed by atoms with E-state index in [1.165, 1.54) is 30.4 Å². The number of carbonyl (C=O) groups excluding carboxylic acids is 1. The van der Waals surface area contributed by atoms with E-state index in [1.807, 2.05) is 0 Å². The van der Waals surface area contributed by atoms with Crippen molar-refractivity contribution in [1.82, 2.24) is 10.6 Å². The number of nitrogens with one attached hydrogen (secondary N) is 2. The third kappa shape index (κ3) is 2.48. The van der Waals surface area contributed by atoms with E-state index >= 15 is 0 Å². The van der Waals surface area contributed by atoms with Gasteiger partial charge in [-0.2, -0.15) is 0 Å². The van der Waals surface area contributed by atoms with Gasteiger partial charge in [0.15, 0.2) is 0 Å². The van der Waals surface area contributed by atoms with Gasteiger partial charge in [0.2, 0.25) is 5.91 Å². The Morgan fingerprint density at radius 3 is 3.05 bits per heavy atom. The number of carbonyl (C=O) groups is 1. The fourth-order valence-electron chi connectivity index (χ4n) is 4.41. The zero-order valence-corrected chi connectivity index (χ0v) is 12.5. The molecule has 1 aromatic carbocycles. The summed E-state index contributed by atoms with van der Waals surface area (Å²) in [5.41, 5.74) is 2.90. The molecule has 2 N–H and O–H groups in total. The molecular formula is C18H24N2O. The molecule has 0 spiro atoms. The summed E-state index contributed by atoms with van der Waals surface area (Å²) in [6.45, 7) is 1.97. The first-order chi connectivity index (χ1) is 10.3. The summed E-state index contributed by atoms with van der Waals surface area (Å²) in [6, 6.07) is 9.30. The lowest BCUT2D eigenvalue weighted by Gasteiger charge is -2.13. The van der Waals surface area contributed by atoms with Crippen LogP contribution in [0, 0.1) is 11.8 Å². The maximum atomic E-state index is 12.4. The summed E-state index contributed by atoms with van der Waals surface area (Å²) < 4.78 is 0. The Balaban J connectivity index is 1.33. The number of rotatable bonds is 4. The van der Waals surface area contributed by atoms with Crippen LogP contribution >= 0.6 is 0 Å². The smallest absolute Gasteiger partial charge is 0.224 e. The average Bonchev–Trinajstić information content (AvgIpc) is 3.04. The van der Waals surface area contributed by atoms with Crippen molar-refractivity contribution in [2.45, 2.75) is 44.1 Å². The fraction of sp³-hybridized carbons (Fsp3) is 0.611. The van der Waals surface area contributed by atoms with Crippen LogP contribution in [0.3, 0.4) is 0 Å². The summed E-state index contributed by atoms with van der Waals surface area (Å²) in [5, 5.41) is 6.67. The number of fused-ring (bicyclic) bond motifs is 3. The molecule has 1 saturated heterocycles. The van der Waals surface area contributed by atoms with Crippen LogP contribution in [0.15, 0.2) is 24.3 Å². The number of hydrogen-bond donors (Lipinski definition) is 2. The standard InChI is InChI=1S/C18H24N2O/c21-18(20-11-9-13-5-3-10-19-13)17-15-8-7-12-4-1-2-6-14(12)16(15)17/h1-2,4,6,13,15-17,19H,3,5,7-11H2,(H,20,21)/t13-,15?,16?,17?/m0/s1. The van der Waals surface area contributed by atoms with E-state index in [4.69, 9.17) is 0 Å². The van der Waals surface area contributed by atoms with Gasteiger partial charge in [-0.05, 0) is 61.6 Å². The van der Waals surface area contributed by atoms with Gasteiger partial charge in [-0.1, -0.05) is 24.3 Å². The van der Waals surface area contributed by atoms with Gasteiger partial charge < -0.3 is 10.6 Å². The molecule has 1 amide bonds. The zero-order valence-electron chi connectivity index (χ0n) is 12.5. The van der Waals surface area contributed by atoms with E-state index in [9.17, 15) is 4.79 Å². The molecule has 0 aromatic heterocycles. The number of aryl methyl sites for hydroxylation is 1. The SMILES string of the molecule is O=C(NCC[C@@H]1CCCN1)C1C2CCc3ccccc3C21. The van der Waals surface area contributed by atoms with Crippen LogP contribution in [0.2, 0.25) is 0 Å². The summed E-state index contributed by atoms with van der Waals surface area (Å²) in [7, 11) is 0. The predicted molar refractivity (Wildman–Crippen MR) is 83.1 cm³/mol. The van der Waals surface area contributed by atoms with Crippen LogP contribution in [0.4, 0.5) is 0 Å². The first-order valence-corrected chi connectivity index (χ1v) is 8.43. The Morgan fingerprint density at radius 2 is 2.19 bits per heavy atom. The zero-order chi connectivity index (χ0) is 14.2. The second-order valence-electron chi connectivity index (χ2n) is 6.83. The van der Waals surface area contributed by atoms with E-state index in [1.54, 1.807) is 0 Å². The summed E-state index contributed by atoms with van der Waals surface area (Å²) in [5.74, 6) is 1.63. The Kier molecular flexibility index (Phi) is 3.46. The van der Waals surface area contributed by atoms with Crippen molar-refractivity contribution < 1.29 is 4.79 Å². The molecule has 4 atom stereocenters. The van der Waals surface area contributed by atoms with E-state index in [0.29, 0.717) is 23.8 Å². The molecule has 0 bridgehead atoms. The minimum absolute atomic E-state index is 0.241. The lowest BCUT2D eigenvalue weighted by molar-refractivity contribution is -0.122. The minimum atomic E-state index is 0.241. The molecule has 2 fully saturated rings. The number of amides is 1. The first kappa shape index (κ1) is 13.3. The Labute approximate surface area is 126 Å². The minimum Gasteiger partial charge on any atom is -0.356 e. The van der Waals surface area contributed by atoms with E-state index < -0.39 is 0 Å². The summed E-state index contributed by atoms with van der Waals surface area (Å²) in [4.78, 5) is 12.4. The topological polar surface area (TPSA) is 41.1 Å². The van der Waals surface area contributed by atoms with Gasteiger partial charge in [0.1, 0.15) is 0 Å². The van der Waals surface area contributed by atoms with Crippen LogP contribution in [0.5, 0.6) is 0 Å². The Morgan fingerprint density at radius 1 is 1.29 bits per heavy atom. The molecule has 3 heteroatoms. The lowest BCUT2D eigenvalue weighted by Crippen LogP contribution is -2.31. The van der Waals surface area contributed by atoms with Gasteiger partial charge in [-0.25, -0.2) is 0 Å². The third-order valence-electron chi connectivity index (χ3n) is 5.59. The highest BCUT2D eigenvalue weighted by Gasteiger charge is 2.56. The molecule has 2 aliphatic carbocycles. The molecule has 3 unspecified atom stereocenters. The van der Waals surface area contributed by atoms with Gasteiger partial charge in [0.05, 0.1) is 0 Å². The van der Waals surface area contributed by atoms with Crippen LogP contribution in [-0.4, -0.2) is 25.0 Å². The van der Waals surface area contributed by atoms with Crippen LogP contribution in [-0.2, 0) is 11.2 Å². The van der Waals surface area contributed by atoms with Crippen molar-refractivity contribution in [2.75, 3.05) is 13.1 Å². The van der Waals surface area contributed by atoms with E-state index in [-0.39, 0.29) is 5.92 Å². The predicted octanol–water partition coefficient (Wildman–Crippen LogP) is 2.22. The molecule has 3 aliphatic rings. The van der Waals surface area contributed by atoms with Crippen molar-refractivity contribution >= 4 is 5.91 Å². The van der Waals surface area contributed by atoms with Gasteiger partial charge in [-0.15, -0.1) is 0 Å². The van der Waals surface area contributed by atoms with Crippen LogP contribution in [0.1, 0.15) is 42.7 Å². The maximum absolute atomic E-state index is 12.4. The molecule has 3 nitrogen and oxygen atoms in total. The molecule has 112 valence electrons. The monoisotopic (exact) mass is 284 g/mol. The maximum Gasteiger partial charge on any atom is 0.224 e. The fourth-order valence-corrected chi connectivity index (χ4v) is 4.41. The largest absolute Gasteiger partial charge is 0.356 e. The third-order valence-corrected chi connectivity index (χ3v) is 5.59. The molecule has 1 aromatic rings. The number of hydrogen-bond acceptors (Lipinski definition) is 2. The van der Waals surface area contributed by atoms with Crippen molar-refractivity contribution in [2.24, 2.45) is 11.8 Å². The van der Waals surface area contributed by atoms with E-state index in [0.717, 1.165) is 25.9 Å². The molecule has 21 heavy (non-hydrogen) atoms. The highest BCUT2D eigenvalue weighted by atomic mass is 16.2. The van der Waals surface area contributed by atoms with Crippen LogP contribution < -0.4 is 10.6 Å². The van der Waals surface area contributed by atoms with Crippen molar-refractivity contribution in [1.29, 1.82) is 0 Å². The van der Waals surface area contributed by atoms with Crippen LogP contribution in [0.25, 0.3) is 0 Å². The summed E-state index contributed by atoms with van der Waals surface area (Å²) in [6.07, 6.45) is 5.95. The van der Waals surface area contributed by atoms with Gasteiger partial charge >= 0.3 is 0 Å². The molecule has 0 radical (unpaired) electrons. The quantitative estimate of drug-likeness (QED) is 0.890. The molecular weight excluding hydrogens is 260 g/mol. The second-order valence-corrected chi connectivity index (χ2v) is 6.83. The molecule has 1 aliphatic heterocycles. The summed E-state index contributed by atoms with van der Waals surface area (Å²) >= 11 is 0. The van der Waals surface area contributed by atoms with Gasteiger partial charge in [0, 0.05) is 18.5 Å². The van der Waals surface area contributed by atoms with Gasteiger partial charge in [-0.3, -0.25) is 4.79 Å². The molecule has 1 saturated carbocycles. The highest BCUT2D eigenvalue weighted by molar-refractivity contribution is 5.84. The normalized spacial score (nSPS) is 33.1. The number of benzene rings is 1. The van der Waals surface area contributed by atoms with Crippen molar-refractivity contribution in [3.8, 4) is 0 Å². The van der Waals surface area contributed by atoms with Crippen molar-refractivity contribution in [3.63, 3.8) is 0 Å². The molecule has 1 heterocycles. The Hall–Kier alpha value is -1.35.